The van der Waals surface area contributed by atoms with E-state index in [0.29, 0.717) is 0 Å². The first-order chi connectivity index (χ1) is 12.8. The summed E-state index contributed by atoms with van der Waals surface area (Å²) < 4.78 is 14.4. The van der Waals surface area contributed by atoms with E-state index in [1.807, 2.05) is 0 Å². The predicted octanol–water partition coefficient (Wildman–Crippen LogP) is 4.50. The van der Waals surface area contributed by atoms with E-state index in [1.54, 1.807) is 20.8 Å². The van der Waals surface area contributed by atoms with Crippen molar-refractivity contribution in [2.75, 3.05) is 5.32 Å². The number of ketones is 1. The fourth-order valence-electron chi connectivity index (χ4n) is 3.23. The number of Topliss-reactive ketones (excluding diaryl/α,β-unsaturated/α-hetero) is 1. The first kappa shape index (κ1) is 19.6. The third-order valence-corrected chi connectivity index (χ3v) is 5.07. The van der Waals surface area contributed by atoms with Crippen LogP contribution in [-0.4, -0.2) is 31.8 Å². The van der Waals surface area contributed by atoms with Gasteiger partial charge in [-0.3, -0.25) is 10.1 Å². The number of hydrogen-bond donors (Lipinski definition) is 2. The van der Waals surface area contributed by atoms with Crippen molar-refractivity contribution in [1.82, 2.24) is 19.3 Å². The van der Waals surface area contributed by atoms with Crippen molar-refractivity contribution in [2.45, 2.75) is 58.9 Å². The number of fused-ring (bicyclic) bond motifs is 1. The van der Waals surface area contributed by atoms with E-state index in [2.05, 4.69) is 20.6 Å². The lowest BCUT2D eigenvalue weighted by molar-refractivity contribution is 0.0860. The summed E-state index contributed by atoms with van der Waals surface area (Å²) in [5.41, 5.74) is 0.152. The zero-order chi connectivity index (χ0) is 19.6. The monoisotopic (exact) mass is 393 g/mol. The van der Waals surface area contributed by atoms with Crippen LogP contribution >= 0.6 is 12.3 Å². The van der Waals surface area contributed by atoms with Crippen LogP contribution in [0.2, 0.25) is 0 Å². The quantitative estimate of drug-likeness (QED) is 0.747. The van der Waals surface area contributed by atoms with Gasteiger partial charge < -0.3 is 5.32 Å². The summed E-state index contributed by atoms with van der Waals surface area (Å²) in [5, 5.41) is 5.61. The molecule has 2 heterocycles. The summed E-state index contributed by atoms with van der Waals surface area (Å²) in [6, 6.07) is -0.184. The van der Waals surface area contributed by atoms with E-state index in [4.69, 9.17) is 0 Å². The zero-order valence-corrected chi connectivity index (χ0v) is 16.5. The molecule has 1 saturated carbocycles. The van der Waals surface area contributed by atoms with Gasteiger partial charge in [0.1, 0.15) is 5.52 Å². The lowest BCUT2D eigenvalue weighted by Crippen LogP contribution is -2.39. The molecule has 3 rings (SSSR count). The molecule has 0 atom stereocenters. The molecule has 0 spiro atoms. The van der Waals surface area contributed by atoms with E-state index in [9.17, 15) is 13.5 Å². The molecule has 0 radical (unpaired) electrons. The summed E-state index contributed by atoms with van der Waals surface area (Å²) >= 11 is -0.0475. The summed E-state index contributed by atoms with van der Waals surface area (Å²) in [5.74, 6) is 0.0544. The van der Waals surface area contributed by atoms with Gasteiger partial charge in [-0.05, 0) is 12.8 Å². The zero-order valence-electron chi connectivity index (χ0n) is 15.7. The van der Waals surface area contributed by atoms with Gasteiger partial charge in [0.2, 0.25) is 0 Å². The Morgan fingerprint density at radius 2 is 1.96 bits per heavy atom. The van der Waals surface area contributed by atoms with Crippen LogP contribution in [0.25, 0.3) is 11.2 Å². The van der Waals surface area contributed by atoms with E-state index in [1.165, 1.54) is 18.8 Å². The average Bonchev–Trinajstić information content (AvgIpc) is 2.98. The van der Waals surface area contributed by atoms with Crippen LogP contribution in [0.3, 0.4) is 0 Å². The van der Waals surface area contributed by atoms with E-state index < -0.39 is 5.41 Å². The maximum absolute atomic E-state index is 13.2. The van der Waals surface area contributed by atoms with Gasteiger partial charge in [-0.15, -0.1) is 3.89 Å². The lowest BCUT2D eigenvalue weighted by atomic mass is 9.87. The van der Waals surface area contributed by atoms with Gasteiger partial charge in [0.15, 0.2) is 29.6 Å². The molecule has 0 bridgehead atoms. The molecule has 0 aromatic carbocycles. The third kappa shape index (κ3) is 4.40. The molecule has 1 aliphatic rings. The molecule has 0 aliphatic heterocycles. The second-order valence-corrected chi connectivity index (χ2v) is 8.41. The van der Waals surface area contributed by atoms with Gasteiger partial charge in [-0.1, -0.05) is 40.0 Å². The number of halogens is 1. The molecular weight excluding hydrogens is 369 g/mol. The van der Waals surface area contributed by atoms with Crippen LogP contribution in [0.4, 0.5) is 14.5 Å². The number of carbonyl (C=O) groups is 2. The highest BCUT2D eigenvalue weighted by Gasteiger charge is 2.28. The predicted molar refractivity (Wildman–Crippen MR) is 104 cm³/mol. The Labute approximate surface area is 161 Å². The Balaban J connectivity index is 1.85. The van der Waals surface area contributed by atoms with Crippen molar-refractivity contribution in [3.63, 3.8) is 0 Å². The Morgan fingerprint density at radius 1 is 1.26 bits per heavy atom. The summed E-state index contributed by atoms with van der Waals surface area (Å²) in [6.07, 6.45) is 8.14. The number of rotatable bonds is 4. The van der Waals surface area contributed by atoms with Crippen LogP contribution in [0.15, 0.2) is 12.4 Å². The average molecular weight is 393 g/mol. The molecule has 1 aliphatic carbocycles. The number of hydrogen-bond acceptors (Lipinski definition) is 5. The molecule has 2 aromatic rings. The normalized spacial score (nSPS) is 15.7. The SMILES string of the molecule is CC(C)(C)C(=O)c1cn(SF)c2ncc(NC(=O)NC3CCCCC3)nc12. The molecule has 2 amide bonds. The van der Waals surface area contributed by atoms with Gasteiger partial charge >= 0.3 is 6.03 Å². The first-order valence-corrected chi connectivity index (χ1v) is 9.76. The minimum Gasteiger partial charge on any atom is -0.335 e. The van der Waals surface area contributed by atoms with Crippen molar-refractivity contribution in [1.29, 1.82) is 0 Å². The van der Waals surface area contributed by atoms with Crippen molar-refractivity contribution in [3.8, 4) is 0 Å². The van der Waals surface area contributed by atoms with Crippen molar-refractivity contribution < 1.29 is 13.5 Å². The van der Waals surface area contributed by atoms with Crippen LogP contribution in [0.1, 0.15) is 63.2 Å². The second kappa shape index (κ2) is 7.84. The van der Waals surface area contributed by atoms with Gasteiger partial charge in [0.25, 0.3) is 0 Å². The van der Waals surface area contributed by atoms with Crippen LogP contribution in [-0.2, 0) is 0 Å². The van der Waals surface area contributed by atoms with Crippen molar-refractivity contribution >= 4 is 41.1 Å². The molecule has 0 unspecified atom stereocenters. The van der Waals surface area contributed by atoms with Crippen LogP contribution in [0, 0.1) is 5.41 Å². The Hall–Kier alpha value is -2.16. The highest BCUT2D eigenvalue weighted by Crippen LogP contribution is 2.29. The molecule has 2 aromatic heterocycles. The van der Waals surface area contributed by atoms with Crippen molar-refractivity contribution in [3.05, 3.63) is 18.0 Å². The molecule has 7 nitrogen and oxygen atoms in total. The largest absolute Gasteiger partial charge is 0.335 e. The van der Waals surface area contributed by atoms with Gasteiger partial charge in [0.05, 0.1) is 11.8 Å². The highest BCUT2D eigenvalue weighted by molar-refractivity contribution is 7.92. The molecule has 1 fully saturated rings. The lowest BCUT2D eigenvalue weighted by Gasteiger charge is -2.22. The van der Waals surface area contributed by atoms with E-state index in [0.717, 1.165) is 29.7 Å². The van der Waals surface area contributed by atoms with Gasteiger partial charge in [-0.2, -0.15) is 0 Å². The number of carbonyl (C=O) groups excluding carboxylic acids is 2. The van der Waals surface area contributed by atoms with Crippen molar-refractivity contribution in [2.24, 2.45) is 5.41 Å². The maximum Gasteiger partial charge on any atom is 0.320 e. The van der Waals surface area contributed by atoms with Crippen LogP contribution in [0.5, 0.6) is 0 Å². The molecule has 0 saturated heterocycles. The molecule has 27 heavy (non-hydrogen) atoms. The van der Waals surface area contributed by atoms with Gasteiger partial charge in [0, 0.05) is 17.7 Å². The Bertz CT molecular complexity index is 855. The maximum atomic E-state index is 13.2. The van der Waals surface area contributed by atoms with E-state index >= 15 is 0 Å². The Morgan fingerprint density at radius 3 is 2.59 bits per heavy atom. The standard InChI is InChI=1S/C18H24FN5O2S/c1-18(2,3)15(25)12-10-24(27-19)16-14(12)22-13(9-20-16)23-17(26)21-11-7-5-4-6-8-11/h9-11H,4-8H2,1-3H3,(H2,21,22,23,26). The number of anilines is 1. The summed E-state index contributed by atoms with van der Waals surface area (Å²) in [7, 11) is 0. The number of urea groups is 1. The molecule has 2 N–H and O–H groups in total. The summed E-state index contributed by atoms with van der Waals surface area (Å²) in [6.45, 7) is 5.36. The minimum atomic E-state index is -0.649. The van der Waals surface area contributed by atoms with Crippen LogP contribution < -0.4 is 10.6 Å². The Kier molecular flexibility index (Phi) is 5.69. The number of nitrogens with one attached hydrogen (secondary N) is 2. The first-order valence-electron chi connectivity index (χ1n) is 9.09. The summed E-state index contributed by atoms with van der Waals surface area (Å²) in [4.78, 5) is 33.5. The fourth-order valence-corrected chi connectivity index (χ4v) is 3.58. The number of amides is 2. The number of aromatic nitrogens is 3. The molecule has 9 heteroatoms. The number of nitrogens with zero attached hydrogens (tertiary/aromatic N) is 3. The minimum absolute atomic E-state index is 0.0475. The van der Waals surface area contributed by atoms with Gasteiger partial charge in [-0.25, -0.2) is 18.7 Å². The molecule has 146 valence electrons. The smallest absolute Gasteiger partial charge is 0.320 e. The third-order valence-electron chi connectivity index (χ3n) is 4.65. The molecular formula is C18H24FN5O2S. The topological polar surface area (TPSA) is 88.9 Å². The second-order valence-electron chi connectivity index (χ2n) is 7.88. The fraction of sp³-hybridized carbons (Fsp3) is 0.556. The van der Waals surface area contributed by atoms with E-state index in [-0.39, 0.29) is 52.7 Å². The highest BCUT2D eigenvalue weighted by atomic mass is 32.2.